The van der Waals surface area contributed by atoms with E-state index >= 15 is 0 Å². The zero-order chi connectivity index (χ0) is 15.2. The molecule has 1 fully saturated rings. The fourth-order valence-corrected chi connectivity index (χ4v) is 1.84. The van der Waals surface area contributed by atoms with Gasteiger partial charge in [-0.25, -0.2) is 4.79 Å². The molecule has 1 amide bonds. The van der Waals surface area contributed by atoms with Crippen molar-refractivity contribution in [3.8, 4) is 11.5 Å². The van der Waals surface area contributed by atoms with E-state index in [1.54, 1.807) is 25.1 Å². The van der Waals surface area contributed by atoms with Gasteiger partial charge in [0.15, 0.2) is 18.1 Å². The lowest BCUT2D eigenvalue weighted by Gasteiger charge is -2.12. The van der Waals surface area contributed by atoms with E-state index in [0.29, 0.717) is 36.1 Å². The summed E-state index contributed by atoms with van der Waals surface area (Å²) in [7, 11) is 0. The van der Waals surface area contributed by atoms with Crippen LogP contribution in [0.1, 0.15) is 30.1 Å². The maximum Gasteiger partial charge on any atom is 0.341 e. The predicted molar refractivity (Wildman–Crippen MR) is 75.8 cm³/mol. The summed E-state index contributed by atoms with van der Waals surface area (Å²) in [6, 6.07) is 4.73. The number of rotatable bonds is 8. The first-order chi connectivity index (χ1) is 10.1. The molecular formula is C15H19NO5. The summed E-state index contributed by atoms with van der Waals surface area (Å²) in [5.41, 5.74) is 0.474. The maximum atomic E-state index is 12.0. The van der Waals surface area contributed by atoms with E-state index in [4.69, 9.17) is 14.6 Å². The van der Waals surface area contributed by atoms with Gasteiger partial charge in [0.2, 0.25) is 0 Å². The van der Waals surface area contributed by atoms with Crippen molar-refractivity contribution in [2.24, 2.45) is 5.92 Å². The van der Waals surface area contributed by atoms with Crippen LogP contribution in [-0.2, 0) is 4.79 Å². The molecule has 6 heteroatoms. The van der Waals surface area contributed by atoms with Crippen molar-refractivity contribution in [1.29, 1.82) is 0 Å². The first-order valence-corrected chi connectivity index (χ1v) is 6.99. The third-order valence-corrected chi connectivity index (χ3v) is 3.11. The smallest absolute Gasteiger partial charge is 0.341 e. The Balaban J connectivity index is 2.05. The lowest BCUT2D eigenvalue weighted by atomic mass is 10.2. The summed E-state index contributed by atoms with van der Waals surface area (Å²) >= 11 is 0. The minimum atomic E-state index is -1.07. The van der Waals surface area contributed by atoms with Crippen molar-refractivity contribution in [2.45, 2.75) is 19.8 Å². The minimum Gasteiger partial charge on any atom is -0.490 e. The van der Waals surface area contributed by atoms with Crippen molar-refractivity contribution in [3.05, 3.63) is 23.8 Å². The van der Waals surface area contributed by atoms with Gasteiger partial charge in [-0.3, -0.25) is 4.79 Å². The molecule has 1 aromatic carbocycles. The van der Waals surface area contributed by atoms with E-state index in [0.717, 1.165) is 0 Å². The quantitative estimate of drug-likeness (QED) is 0.762. The average Bonchev–Trinajstić information content (AvgIpc) is 3.27. The number of amides is 1. The van der Waals surface area contributed by atoms with Crippen LogP contribution in [0.2, 0.25) is 0 Å². The fraction of sp³-hybridized carbons (Fsp3) is 0.467. The van der Waals surface area contributed by atoms with Gasteiger partial charge in [0.25, 0.3) is 5.91 Å². The van der Waals surface area contributed by atoms with Crippen LogP contribution in [0.3, 0.4) is 0 Å². The number of hydrogen-bond donors (Lipinski definition) is 2. The first kappa shape index (κ1) is 15.2. The average molecular weight is 293 g/mol. The number of benzene rings is 1. The number of carbonyl (C=O) groups excluding carboxylic acids is 1. The Morgan fingerprint density at radius 2 is 2.05 bits per heavy atom. The van der Waals surface area contributed by atoms with Crippen molar-refractivity contribution in [2.75, 3.05) is 19.8 Å². The number of hydrogen-bond acceptors (Lipinski definition) is 4. The van der Waals surface area contributed by atoms with Crippen LogP contribution < -0.4 is 14.8 Å². The normalized spacial score (nSPS) is 13.6. The van der Waals surface area contributed by atoms with E-state index in [1.807, 2.05) is 0 Å². The first-order valence-electron chi connectivity index (χ1n) is 6.99. The number of carbonyl (C=O) groups is 2. The zero-order valence-corrected chi connectivity index (χ0v) is 11.9. The minimum absolute atomic E-state index is 0.160. The number of ether oxygens (including phenoxy) is 2. The summed E-state index contributed by atoms with van der Waals surface area (Å²) in [6.07, 6.45) is 2.35. The lowest BCUT2D eigenvalue weighted by molar-refractivity contribution is -0.139. The third-order valence-electron chi connectivity index (χ3n) is 3.11. The molecule has 1 aliphatic carbocycles. The van der Waals surface area contributed by atoms with Crippen LogP contribution in [0.5, 0.6) is 11.5 Å². The maximum absolute atomic E-state index is 12.0. The second-order valence-corrected chi connectivity index (χ2v) is 4.93. The van der Waals surface area contributed by atoms with Gasteiger partial charge in [0, 0.05) is 12.1 Å². The highest BCUT2D eigenvalue weighted by Crippen LogP contribution is 2.29. The molecule has 21 heavy (non-hydrogen) atoms. The van der Waals surface area contributed by atoms with Gasteiger partial charge < -0.3 is 19.9 Å². The summed E-state index contributed by atoms with van der Waals surface area (Å²) in [5.74, 6) is 0.0747. The number of carboxylic acids is 1. The molecule has 6 nitrogen and oxygen atoms in total. The number of nitrogens with one attached hydrogen (secondary N) is 1. The van der Waals surface area contributed by atoms with Crippen molar-refractivity contribution >= 4 is 11.9 Å². The molecule has 1 saturated carbocycles. The fourth-order valence-electron chi connectivity index (χ4n) is 1.84. The SMILES string of the molecule is CCOc1cc(C(=O)NCC2CC2)ccc1OCC(=O)O. The number of aliphatic carboxylic acids is 1. The molecule has 0 atom stereocenters. The third kappa shape index (κ3) is 4.66. The van der Waals surface area contributed by atoms with Gasteiger partial charge in [0.05, 0.1) is 6.61 Å². The van der Waals surface area contributed by atoms with Crippen LogP contribution in [0.25, 0.3) is 0 Å². The number of carboxylic acid groups (broad SMARTS) is 1. The summed E-state index contributed by atoms with van der Waals surface area (Å²) in [4.78, 5) is 22.6. The van der Waals surface area contributed by atoms with Crippen LogP contribution in [0.15, 0.2) is 18.2 Å². The predicted octanol–water partition coefficient (Wildman–Crippen LogP) is 1.69. The van der Waals surface area contributed by atoms with Gasteiger partial charge in [-0.05, 0) is 43.9 Å². The van der Waals surface area contributed by atoms with Gasteiger partial charge in [0.1, 0.15) is 0 Å². The van der Waals surface area contributed by atoms with Gasteiger partial charge in [-0.2, -0.15) is 0 Å². The summed E-state index contributed by atoms with van der Waals surface area (Å²) < 4.78 is 10.5. The highest BCUT2D eigenvalue weighted by atomic mass is 16.5. The Bertz CT molecular complexity index is 525. The van der Waals surface area contributed by atoms with E-state index in [9.17, 15) is 9.59 Å². The van der Waals surface area contributed by atoms with Crippen molar-refractivity contribution < 1.29 is 24.2 Å². The van der Waals surface area contributed by atoms with E-state index in [2.05, 4.69) is 5.32 Å². The van der Waals surface area contributed by atoms with Gasteiger partial charge in [-0.1, -0.05) is 0 Å². The zero-order valence-electron chi connectivity index (χ0n) is 11.9. The molecule has 1 aliphatic rings. The molecule has 2 N–H and O–H groups in total. The molecular weight excluding hydrogens is 274 g/mol. The molecule has 1 aromatic rings. The topological polar surface area (TPSA) is 84.9 Å². The van der Waals surface area contributed by atoms with Crippen molar-refractivity contribution in [3.63, 3.8) is 0 Å². The van der Waals surface area contributed by atoms with E-state index in [1.165, 1.54) is 12.8 Å². The molecule has 0 aliphatic heterocycles. The van der Waals surface area contributed by atoms with E-state index in [-0.39, 0.29) is 5.91 Å². The van der Waals surface area contributed by atoms with E-state index < -0.39 is 12.6 Å². The molecule has 0 radical (unpaired) electrons. The summed E-state index contributed by atoms with van der Waals surface area (Å²) in [5, 5.41) is 11.5. The Morgan fingerprint density at radius 1 is 1.29 bits per heavy atom. The highest BCUT2D eigenvalue weighted by molar-refractivity contribution is 5.94. The molecule has 0 heterocycles. The Morgan fingerprint density at radius 3 is 2.67 bits per heavy atom. The van der Waals surface area contributed by atoms with Gasteiger partial charge >= 0.3 is 5.97 Å². The molecule has 114 valence electrons. The van der Waals surface area contributed by atoms with Crippen LogP contribution in [0, 0.1) is 5.92 Å². The summed E-state index contributed by atoms with van der Waals surface area (Å²) in [6.45, 7) is 2.45. The Kier molecular flexibility index (Phi) is 5.03. The monoisotopic (exact) mass is 293 g/mol. The molecule has 0 bridgehead atoms. The second kappa shape index (κ2) is 6.97. The second-order valence-electron chi connectivity index (χ2n) is 4.93. The molecule has 0 saturated heterocycles. The van der Waals surface area contributed by atoms with Crippen LogP contribution >= 0.6 is 0 Å². The largest absolute Gasteiger partial charge is 0.490 e. The Labute approximate surface area is 123 Å². The van der Waals surface area contributed by atoms with Crippen LogP contribution in [0.4, 0.5) is 0 Å². The van der Waals surface area contributed by atoms with Crippen molar-refractivity contribution in [1.82, 2.24) is 5.32 Å². The molecule has 2 rings (SSSR count). The highest BCUT2D eigenvalue weighted by Gasteiger charge is 2.22. The van der Waals surface area contributed by atoms with Gasteiger partial charge in [-0.15, -0.1) is 0 Å². The molecule has 0 spiro atoms. The molecule has 0 unspecified atom stereocenters. The van der Waals surface area contributed by atoms with Crippen LogP contribution in [-0.4, -0.2) is 36.7 Å². The lowest BCUT2D eigenvalue weighted by Crippen LogP contribution is -2.25. The molecule has 0 aromatic heterocycles. The standard InChI is InChI=1S/C15H19NO5/c1-2-20-13-7-11(15(19)16-8-10-3-4-10)5-6-12(13)21-9-14(17)18/h5-7,10H,2-4,8-9H2,1H3,(H,16,19)(H,17,18). The Hall–Kier alpha value is -2.24.